The van der Waals surface area contributed by atoms with E-state index < -0.39 is 22.0 Å². The third-order valence-corrected chi connectivity index (χ3v) is 5.26. The summed E-state index contributed by atoms with van der Waals surface area (Å²) in [5.41, 5.74) is 0.956. The first kappa shape index (κ1) is 15.6. The summed E-state index contributed by atoms with van der Waals surface area (Å²) < 4.78 is 31.6. The summed E-state index contributed by atoms with van der Waals surface area (Å²) in [6.45, 7) is 5.58. The maximum atomic E-state index is 12.7. The van der Waals surface area contributed by atoms with E-state index in [9.17, 15) is 13.2 Å². The highest BCUT2D eigenvalue weighted by Gasteiger charge is 2.43. The van der Waals surface area contributed by atoms with E-state index in [-0.39, 0.29) is 10.8 Å². The zero-order valence-corrected chi connectivity index (χ0v) is 13.3. The number of amides is 1. The largest absolute Gasteiger partial charge is 0.499 e. The minimum absolute atomic E-state index is 0.0807. The SMILES string of the molecule is COC1=CC(=O)N(S(=O)(=O)c2ccc(C)cc2)C1C(C)C. The first-order valence-electron chi connectivity index (χ1n) is 6.69. The van der Waals surface area contributed by atoms with Gasteiger partial charge in [-0.1, -0.05) is 31.5 Å². The zero-order valence-electron chi connectivity index (χ0n) is 12.5. The molecule has 0 saturated heterocycles. The second-order valence-electron chi connectivity index (χ2n) is 5.39. The number of nitrogens with zero attached hydrogens (tertiary/aromatic N) is 1. The van der Waals surface area contributed by atoms with Gasteiger partial charge in [0.05, 0.1) is 12.0 Å². The summed E-state index contributed by atoms with van der Waals surface area (Å²) in [5, 5.41) is 0. The number of hydrogen-bond acceptors (Lipinski definition) is 4. The minimum atomic E-state index is -3.89. The molecule has 1 aromatic carbocycles. The van der Waals surface area contributed by atoms with Gasteiger partial charge in [0, 0.05) is 6.08 Å². The highest BCUT2D eigenvalue weighted by Crippen LogP contribution is 2.32. The molecular formula is C15H19NO4S. The molecule has 0 spiro atoms. The molecule has 1 aliphatic heterocycles. The number of hydrogen-bond donors (Lipinski definition) is 0. The standard InChI is InChI=1S/C15H19NO4S/c1-10(2)15-13(20-4)9-14(17)16(15)21(18,19)12-7-5-11(3)6-8-12/h5-10,15H,1-4H3. The molecule has 0 fully saturated rings. The average molecular weight is 309 g/mol. The number of sulfonamides is 1. The Hall–Kier alpha value is -1.82. The van der Waals surface area contributed by atoms with Gasteiger partial charge in [-0.2, -0.15) is 0 Å². The van der Waals surface area contributed by atoms with E-state index in [0.717, 1.165) is 9.87 Å². The van der Waals surface area contributed by atoms with Crippen LogP contribution < -0.4 is 0 Å². The number of aryl methyl sites for hydroxylation is 1. The zero-order chi connectivity index (χ0) is 15.8. The Labute approximate surface area is 125 Å². The Morgan fingerprint density at radius 2 is 1.76 bits per heavy atom. The third kappa shape index (κ3) is 2.68. The van der Waals surface area contributed by atoms with Crippen molar-refractivity contribution in [2.75, 3.05) is 7.11 Å². The Bertz CT molecular complexity index is 674. The smallest absolute Gasteiger partial charge is 0.267 e. The first-order valence-corrected chi connectivity index (χ1v) is 8.13. The molecule has 6 heteroatoms. The quantitative estimate of drug-likeness (QED) is 0.854. The predicted molar refractivity (Wildman–Crippen MR) is 78.9 cm³/mol. The lowest BCUT2D eigenvalue weighted by Crippen LogP contribution is -2.43. The predicted octanol–water partition coefficient (Wildman–Crippen LogP) is 2.08. The van der Waals surface area contributed by atoms with E-state index in [0.29, 0.717) is 5.76 Å². The fourth-order valence-corrected chi connectivity index (χ4v) is 4.04. The number of methoxy groups -OCH3 is 1. The molecule has 1 heterocycles. The van der Waals surface area contributed by atoms with Crippen LogP contribution in [-0.4, -0.2) is 31.8 Å². The van der Waals surface area contributed by atoms with Crippen LogP contribution in [0.4, 0.5) is 0 Å². The number of ether oxygens (including phenoxy) is 1. The van der Waals surface area contributed by atoms with Gasteiger partial charge in [-0.05, 0) is 25.0 Å². The molecule has 1 amide bonds. The van der Waals surface area contributed by atoms with Gasteiger partial charge in [-0.25, -0.2) is 12.7 Å². The van der Waals surface area contributed by atoms with Crippen molar-refractivity contribution in [1.82, 2.24) is 4.31 Å². The number of benzene rings is 1. The van der Waals surface area contributed by atoms with Gasteiger partial charge in [-0.15, -0.1) is 0 Å². The van der Waals surface area contributed by atoms with Crippen LogP contribution in [0.1, 0.15) is 19.4 Å². The Balaban J connectivity index is 2.48. The Morgan fingerprint density at radius 1 is 1.19 bits per heavy atom. The van der Waals surface area contributed by atoms with Crippen LogP contribution in [-0.2, 0) is 19.6 Å². The molecule has 114 valence electrons. The van der Waals surface area contributed by atoms with Crippen molar-refractivity contribution < 1.29 is 17.9 Å². The molecule has 0 bridgehead atoms. The van der Waals surface area contributed by atoms with E-state index in [1.54, 1.807) is 12.1 Å². The molecule has 1 aromatic rings. The summed E-state index contributed by atoms with van der Waals surface area (Å²) in [6.07, 6.45) is 1.25. The van der Waals surface area contributed by atoms with Crippen molar-refractivity contribution in [1.29, 1.82) is 0 Å². The molecule has 1 atom stereocenters. The van der Waals surface area contributed by atoms with Gasteiger partial charge in [0.1, 0.15) is 11.8 Å². The van der Waals surface area contributed by atoms with Crippen molar-refractivity contribution in [2.24, 2.45) is 5.92 Å². The van der Waals surface area contributed by atoms with E-state index in [1.807, 2.05) is 20.8 Å². The second-order valence-corrected chi connectivity index (χ2v) is 7.21. The number of carbonyl (C=O) groups excluding carboxylic acids is 1. The summed E-state index contributed by atoms with van der Waals surface area (Å²) in [4.78, 5) is 12.2. The lowest BCUT2D eigenvalue weighted by Gasteiger charge is -2.28. The number of carbonyl (C=O) groups is 1. The monoisotopic (exact) mass is 309 g/mol. The van der Waals surface area contributed by atoms with Crippen LogP contribution in [0.15, 0.2) is 41.0 Å². The average Bonchev–Trinajstić information content (AvgIpc) is 2.77. The van der Waals surface area contributed by atoms with Crippen molar-refractivity contribution in [2.45, 2.75) is 31.7 Å². The van der Waals surface area contributed by atoms with Crippen LogP contribution in [0.25, 0.3) is 0 Å². The Morgan fingerprint density at radius 3 is 2.24 bits per heavy atom. The highest BCUT2D eigenvalue weighted by molar-refractivity contribution is 7.89. The maximum absolute atomic E-state index is 12.7. The van der Waals surface area contributed by atoms with E-state index >= 15 is 0 Å². The molecule has 5 nitrogen and oxygen atoms in total. The molecule has 2 rings (SSSR count). The van der Waals surface area contributed by atoms with E-state index in [2.05, 4.69) is 0 Å². The van der Waals surface area contributed by atoms with Crippen LogP contribution in [0.5, 0.6) is 0 Å². The normalized spacial score (nSPS) is 19.1. The molecular weight excluding hydrogens is 290 g/mol. The topological polar surface area (TPSA) is 63.7 Å². The molecule has 0 N–H and O–H groups in total. The fourth-order valence-electron chi connectivity index (χ4n) is 2.39. The van der Waals surface area contributed by atoms with Crippen LogP contribution in [0.2, 0.25) is 0 Å². The lowest BCUT2D eigenvalue weighted by atomic mass is 10.0. The summed E-state index contributed by atoms with van der Waals surface area (Å²) in [6, 6.07) is 5.85. The molecule has 1 aliphatic rings. The molecule has 0 aromatic heterocycles. The summed E-state index contributed by atoms with van der Waals surface area (Å²) in [7, 11) is -2.45. The van der Waals surface area contributed by atoms with Crippen LogP contribution in [0, 0.1) is 12.8 Å². The van der Waals surface area contributed by atoms with Gasteiger partial charge in [-0.3, -0.25) is 4.79 Å². The molecule has 1 unspecified atom stereocenters. The first-order chi connectivity index (χ1) is 9.78. The summed E-state index contributed by atoms with van der Waals surface area (Å²) >= 11 is 0. The third-order valence-electron chi connectivity index (χ3n) is 3.47. The van der Waals surface area contributed by atoms with Crippen molar-refractivity contribution in [3.8, 4) is 0 Å². The highest BCUT2D eigenvalue weighted by atomic mass is 32.2. The van der Waals surface area contributed by atoms with Crippen molar-refractivity contribution in [3.63, 3.8) is 0 Å². The van der Waals surface area contributed by atoms with Gasteiger partial charge in [0.2, 0.25) is 0 Å². The van der Waals surface area contributed by atoms with Gasteiger partial charge in [0.15, 0.2) is 0 Å². The van der Waals surface area contributed by atoms with E-state index in [4.69, 9.17) is 4.74 Å². The van der Waals surface area contributed by atoms with Gasteiger partial charge < -0.3 is 4.74 Å². The fraction of sp³-hybridized carbons (Fsp3) is 0.400. The van der Waals surface area contributed by atoms with Gasteiger partial charge >= 0.3 is 0 Å². The second kappa shape index (κ2) is 5.52. The number of rotatable bonds is 4. The maximum Gasteiger partial charge on any atom is 0.267 e. The van der Waals surface area contributed by atoms with Gasteiger partial charge in [0.25, 0.3) is 15.9 Å². The molecule has 0 saturated carbocycles. The summed E-state index contributed by atoms with van der Waals surface area (Å²) in [5.74, 6) is -0.264. The van der Waals surface area contributed by atoms with Crippen LogP contribution in [0.3, 0.4) is 0 Å². The van der Waals surface area contributed by atoms with Crippen molar-refractivity contribution in [3.05, 3.63) is 41.7 Å². The van der Waals surface area contributed by atoms with Crippen molar-refractivity contribution >= 4 is 15.9 Å². The minimum Gasteiger partial charge on any atom is -0.499 e. The molecule has 21 heavy (non-hydrogen) atoms. The Kier molecular flexibility index (Phi) is 4.09. The molecule has 0 aliphatic carbocycles. The molecule has 0 radical (unpaired) electrons. The lowest BCUT2D eigenvalue weighted by molar-refractivity contribution is -0.121. The van der Waals surface area contributed by atoms with Crippen LogP contribution >= 0.6 is 0 Å². The van der Waals surface area contributed by atoms with E-state index in [1.165, 1.54) is 25.3 Å².